The fourth-order valence-electron chi connectivity index (χ4n) is 1.29. The van der Waals surface area contributed by atoms with Crippen molar-refractivity contribution in [2.24, 2.45) is 11.7 Å². The van der Waals surface area contributed by atoms with E-state index in [1.54, 1.807) is 11.3 Å². The largest absolute Gasteiger partial charge is 0.361 e. The van der Waals surface area contributed by atoms with E-state index in [-0.39, 0.29) is 0 Å². The van der Waals surface area contributed by atoms with Gasteiger partial charge in [-0.1, -0.05) is 30.4 Å². The summed E-state index contributed by atoms with van der Waals surface area (Å²) in [5.74, 6) is 0.483. The van der Waals surface area contributed by atoms with Crippen molar-refractivity contribution in [3.63, 3.8) is 0 Å². The molecule has 1 heterocycles. The number of rotatable bonds is 4. The molecule has 1 aromatic heterocycles. The van der Waals surface area contributed by atoms with Crippen molar-refractivity contribution in [3.05, 3.63) is 24.3 Å². The smallest absolute Gasteiger partial charge is 0.183 e. The van der Waals surface area contributed by atoms with Gasteiger partial charge in [-0.3, -0.25) is 0 Å². The second kappa shape index (κ2) is 4.59. The Hall–Kier alpha value is -1.13. The monoisotopic (exact) mass is 221 g/mol. The first-order valence-corrected chi connectivity index (χ1v) is 5.90. The molecule has 3 nitrogen and oxygen atoms in total. The zero-order chi connectivity index (χ0) is 10.7. The number of nitrogens with two attached hydrogens (primary N) is 1. The minimum absolute atomic E-state index is 0.483. The van der Waals surface area contributed by atoms with Gasteiger partial charge >= 0.3 is 0 Å². The first-order chi connectivity index (χ1) is 7.29. The highest BCUT2D eigenvalue weighted by atomic mass is 32.1. The van der Waals surface area contributed by atoms with Crippen LogP contribution < -0.4 is 11.1 Å². The molecule has 0 saturated carbocycles. The minimum Gasteiger partial charge on any atom is -0.361 e. The summed E-state index contributed by atoms with van der Waals surface area (Å²) in [5, 5.41) is 4.30. The minimum atomic E-state index is 0.483. The van der Waals surface area contributed by atoms with Crippen LogP contribution in [0.5, 0.6) is 0 Å². The zero-order valence-electron chi connectivity index (χ0n) is 8.73. The van der Waals surface area contributed by atoms with E-state index in [0.717, 1.165) is 17.2 Å². The van der Waals surface area contributed by atoms with Crippen molar-refractivity contribution in [2.45, 2.75) is 6.92 Å². The van der Waals surface area contributed by atoms with E-state index in [0.29, 0.717) is 12.5 Å². The average molecular weight is 221 g/mol. The zero-order valence-corrected chi connectivity index (χ0v) is 9.55. The third-order valence-corrected chi connectivity index (χ3v) is 3.29. The molecule has 0 aliphatic carbocycles. The summed E-state index contributed by atoms with van der Waals surface area (Å²) in [6.07, 6.45) is 0. The summed E-state index contributed by atoms with van der Waals surface area (Å²) in [6.45, 7) is 3.72. The van der Waals surface area contributed by atoms with E-state index in [9.17, 15) is 0 Å². The normalized spacial score (nSPS) is 12.9. The predicted octanol–water partition coefficient (Wildman–Crippen LogP) is 2.30. The van der Waals surface area contributed by atoms with Gasteiger partial charge in [0.1, 0.15) is 0 Å². The Morgan fingerprint density at radius 3 is 3.00 bits per heavy atom. The highest BCUT2D eigenvalue weighted by Crippen LogP contribution is 2.25. The summed E-state index contributed by atoms with van der Waals surface area (Å²) < 4.78 is 1.22. The average Bonchev–Trinajstić information content (AvgIpc) is 2.68. The Labute approximate surface area is 93.3 Å². The number of thiazole rings is 1. The van der Waals surface area contributed by atoms with Gasteiger partial charge in [0.25, 0.3) is 0 Å². The van der Waals surface area contributed by atoms with Crippen LogP contribution >= 0.6 is 11.3 Å². The molecule has 15 heavy (non-hydrogen) atoms. The number of fused-ring (bicyclic) bond motifs is 1. The van der Waals surface area contributed by atoms with Crippen LogP contribution in [0.3, 0.4) is 0 Å². The van der Waals surface area contributed by atoms with Crippen LogP contribution in [0.2, 0.25) is 0 Å². The Kier molecular flexibility index (Phi) is 3.18. The fourth-order valence-corrected chi connectivity index (χ4v) is 2.17. The summed E-state index contributed by atoms with van der Waals surface area (Å²) in [4.78, 5) is 4.49. The molecule has 2 aromatic rings. The predicted molar refractivity (Wildman–Crippen MR) is 66.3 cm³/mol. The number of nitrogens with one attached hydrogen (secondary N) is 1. The lowest BCUT2D eigenvalue weighted by molar-refractivity contribution is 0.628. The van der Waals surface area contributed by atoms with Crippen LogP contribution in [0.25, 0.3) is 10.2 Å². The van der Waals surface area contributed by atoms with Crippen LogP contribution in [0, 0.1) is 5.92 Å². The maximum Gasteiger partial charge on any atom is 0.183 e. The van der Waals surface area contributed by atoms with E-state index in [2.05, 4.69) is 23.3 Å². The van der Waals surface area contributed by atoms with Crippen molar-refractivity contribution in [1.29, 1.82) is 0 Å². The van der Waals surface area contributed by atoms with Crippen LogP contribution in [0.1, 0.15) is 6.92 Å². The number of nitrogens with zero attached hydrogens (tertiary/aromatic N) is 1. The molecule has 0 amide bonds. The molecule has 0 spiro atoms. The number of benzene rings is 1. The second-order valence-electron chi connectivity index (χ2n) is 3.71. The lowest BCUT2D eigenvalue weighted by atomic mass is 10.2. The molecule has 1 unspecified atom stereocenters. The lowest BCUT2D eigenvalue weighted by Gasteiger charge is -2.07. The van der Waals surface area contributed by atoms with E-state index in [1.807, 2.05) is 18.2 Å². The Balaban J connectivity index is 2.09. The number of anilines is 1. The molecule has 0 aliphatic rings. The first-order valence-electron chi connectivity index (χ1n) is 5.09. The summed E-state index contributed by atoms with van der Waals surface area (Å²) in [5.41, 5.74) is 6.61. The van der Waals surface area contributed by atoms with Crippen molar-refractivity contribution in [1.82, 2.24) is 4.98 Å². The van der Waals surface area contributed by atoms with Crippen molar-refractivity contribution in [2.75, 3.05) is 18.4 Å². The molecule has 0 radical (unpaired) electrons. The van der Waals surface area contributed by atoms with Crippen molar-refractivity contribution >= 4 is 26.7 Å². The van der Waals surface area contributed by atoms with E-state index in [4.69, 9.17) is 5.73 Å². The standard InChI is InChI=1S/C11H15N3S/c1-8(6-12)7-13-11-14-9-4-2-3-5-10(9)15-11/h2-5,8H,6-7,12H2,1H3,(H,13,14). The van der Waals surface area contributed by atoms with Crippen LogP contribution in [-0.4, -0.2) is 18.1 Å². The van der Waals surface area contributed by atoms with Gasteiger partial charge in [-0.25, -0.2) is 4.98 Å². The van der Waals surface area contributed by atoms with Crippen LogP contribution in [0.15, 0.2) is 24.3 Å². The van der Waals surface area contributed by atoms with E-state index >= 15 is 0 Å². The molecule has 0 bridgehead atoms. The summed E-state index contributed by atoms with van der Waals surface area (Å²) >= 11 is 1.69. The Bertz CT molecular complexity index is 405. The molecular formula is C11H15N3S. The van der Waals surface area contributed by atoms with E-state index < -0.39 is 0 Å². The van der Waals surface area contributed by atoms with E-state index in [1.165, 1.54) is 4.70 Å². The maximum atomic E-state index is 5.55. The Morgan fingerprint density at radius 1 is 1.47 bits per heavy atom. The molecule has 3 N–H and O–H groups in total. The highest BCUT2D eigenvalue weighted by Gasteiger charge is 2.03. The lowest BCUT2D eigenvalue weighted by Crippen LogP contribution is -2.19. The van der Waals surface area contributed by atoms with Gasteiger partial charge in [-0.15, -0.1) is 0 Å². The van der Waals surface area contributed by atoms with Gasteiger partial charge in [0.2, 0.25) is 0 Å². The number of aromatic nitrogens is 1. The van der Waals surface area contributed by atoms with Gasteiger partial charge < -0.3 is 11.1 Å². The van der Waals surface area contributed by atoms with Gasteiger partial charge in [-0.05, 0) is 24.6 Å². The molecule has 4 heteroatoms. The van der Waals surface area contributed by atoms with Gasteiger partial charge in [0.05, 0.1) is 10.2 Å². The fraction of sp³-hybridized carbons (Fsp3) is 0.364. The maximum absolute atomic E-state index is 5.55. The molecule has 2 rings (SSSR count). The number of para-hydroxylation sites is 1. The quantitative estimate of drug-likeness (QED) is 0.833. The van der Waals surface area contributed by atoms with Gasteiger partial charge in [0, 0.05) is 6.54 Å². The SMILES string of the molecule is CC(CN)CNc1nc2ccccc2s1. The molecule has 0 aliphatic heterocycles. The third kappa shape index (κ3) is 2.46. The molecule has 0 fully saturated rings. The summed E-state index contributed by atoms with van der Waals surface area (Å²) in [7, 11) is 0. The molecular weight excluding hydrogens is 206 g/mol. The Morgan fingerprint density at radius 2 is 2.27 bits per heavy atom. The molecule has 1 atom stereocenters. The molecule has 1 aromatic carbocycles. The van der Waals surface area contributed by atoms with Gasteiger partial charge in [-0.2, -0.15) is 0 Å². The third-order valence-electron chi connectivity index (χ3n) is 2.30. The topological polar surface area (TPSA) is 50.9 Å². The number of hydrogen-bond acceptors (Lipinski definition) is 4. The first kappa shape index (κ1) is 10.4. The van der Waals surface area contributed by atoms with Crippen molar-refractivity contribution in [3.8, 4) is 0 Å². The van der Waals surface area contributed by atoms with Crippen LogP contribution in [-0.2, 0) is 0 Å². The molecule has 80 valence electrons. The molecule has 0 saturated heterocycles. The summed E-state index contributed by atoms with van der Waals surface area (Å²) in [6, 6.07) is 8.16. The second-order valence-corrected chi connectivity index (χ2v) is 4.74. The van der Waals surface area contributed by atoms with Crippen LogP contribution in [0.4, 0.5) is 5.13 Å². The highest BCUT2D eigenvalue weighted by molar-refractivity contribution is 7.22. The number of hydrogen-bond donors (Lipinski definition) is 2. The van der Waals surface area contributed by atoms with Gasteiger partial charge in [0.15, 0.2) is 5.13 Å². The van der Waals surface area contributed by atoms with Crippen molar-refractivity contribution < 1.29 is 0 Å².